The van der Waals surface area contributed by atoms with Crippen LogP contribution < -0.4 is 15.4 Å². The molecule has 204 valence electrons. The van der Waals surface area contributed by atoms with E-state index in [1.807, 2.05) is 65.4 Å². The lowest BCUT2D eigenvalue weighted by molar-refractivity contribution is -0.114. The Labute approximate surface area is 239 Å². The average molecular weight is 592 g/mol. The van der Waals surface area contributed by atoms with Gasteiger partial charge in [0.05, 0.1) is 23.1 Å². The maximum absolute atomic E-state index is 11.3. The molecule has 0 saturated carbocycles. The first-order chi connectivity index (χ1) is 19.2. The van der Waals surface area contributed by atoms with Crippen molar-refractivity contribution in [3.05, 3.63) is 101 Å². The Balaban J connectivity index is 1.38. The quantitative estimate of drug-likeness (QED) is 0.136. The number of amides is 1. The summed E-state index contributed by atoms with van der Waals surface area (Å²) in [6, 6.07) is 24.1. The van der Waals surface area contributed by atoms with Gasteiger partial charge in [0, 0.05) is 34.5 Å². The minimum atomic E-state index is -4.35. The van der Waals surface area contributed by atoms with Crippen LogP contribution in [0.25, 0.3) is 21.8 Å². The molecule has 0 radical (unpaired) electrons. The van der Waals surface area contributed by atoms with Crippen molar-refractivity contribution in [3.8, 4) is 21.8 Å². The highest BCUT2D eigenvalue weighted by atomic mass is 32.2. The fourth-order valence-electron chi connectivity index (χ4n) is 4.03. The van der Waals surface area contributed by atoms with Crippen molar-refractivity contribution in [3.63, 3.8) is 0 Å². The second-order valence-corrected chi connectivity index (χ2v) is 11.8. The number of carbonyl (C=O) groups excluding carboxylic acids is 1. The summed E-state index contributed by atoms with van der Waals surface area (Å²) in [6.45, 7) is 1.47. The second kappa shape index (κ2) is 12.0. The van der Waals surface area contributed by atoms with Crippen molar-refractivity contribution < 1.29 is 17.8 Å². The van der Waals surface area contributed by atoms with Crippen molar-refractivity contribution in [2.24, 2.45) is 0 Å². The van der Waals surface area contributed by atoms with Gasteiger partial charge in [-0.1, -0.05) is 54.6 Å². The molecule has 1 amide bonds. The van der Waals surface area contributed by atoms with Gasteiger partial charge in [0.15, 0.2) is 5.13 Å². The number of hydrogen-bond acceptors (Lipinski definition) is 8. The molecule has 40 heavy (non-hydrogen) atoms. The van der Waals surface area contributed by atoms with Gasteiger partial charge in [-0.15, -0.1) is 22.7 Å². The van der Waals surface area contributed by atoms with Crippen molar-refractivity contribution in [1.29, 1.82) is 0 Å². The normalized spacial score (nSPS) is 12.1. The van der Waals surface area contributed by atoms with Crippen LogP contribution in [0.4, 0.5) is 16.5 Å². The van der Waals surface area contributed by atoms with E-state index in [1.54, 1.807) is 35.6 Å². The summed E-state index contributed by atoms with van der Waals surface area (Å²) in [7, 11) is -4.35. The van der Waals surface area contributed by atoms with Crippen LogP contribution in [0.3, 0.4) is 0 Å². The van der Waals surface area contributed by atoms with E-state index in [2.05, 4.69) is 15.4 Å². The Bertz CT molecular complexity index is 1700. The number of aromatic nitrogens is 2. The summed E-state index contributed by atoms with van der Waals surface area (Å²) in [5, 5.41) is 11.9. The Morgan fingerprint density at radius 1 is 0.875 bits per heavy atom. The topological polar surface area (TPSA) is 133 Å². The molecule has 0 bridgehead atoms. The zero-order valence-corrected chi connectivity index (χ0v) is 23.7. The number of thiazole rings is 2. The fourth-order valence-corrected chi connectivity index (χ4v) is 6.12. The highest BCUT2D eigenvalue weighted by Gasteiger charge is 2.19. The van der Waals surface area contributed by atoms with Crippen LogP contribution in [0.15, 0.2) is 89.6 Å². The molecule has 0 aliphatic carbocycles. The lowest BCUT2D eigenvalue weighted by Crippen LogP contribution is -2.14. The van der Waals surface area contributed by atoms with Crippen molar-refractivity contribution in [2.45, 2.75) is 19.4 Å². The summed E-state index contributed by atoms with van der Waals surface area (Å²) in [4.78, 5) is 21.0. The summed E-state index contributed by atoms with van der Waals surface area (Å²) in [5.74, 6) is -0.124. The molecule has 0 aliphatic rings. The van der Waals surface area contributed by atoms with Crippen LogP contribution in [0.2, 0.25) is 0 Å². The van der Waals surface area contributed by atoms with E-state index in [0.29, 0.717) is 6.42 Å². The monoisotopic (exact) mass is 591 g/mol. The molecule has 5 rings (SSSR count). The molecule has 5 aromatic rings. The standard InChI is InChI=1S/C28H25N5O4S3/c1-18(34)29-22-13-9-20(10-14-22)25-16-39-28(32-25)31-24(15-19-7-11-23(12-8-19)33-40(35,36)37)26-17-38-27(30-26)21-5-3-2-4-6-21/h2-14,16-17,24,33H,15H2,1H3,(H,29,34)(H,31,32)(H,35,36,37). The van der Waals surface area contributed by atoms with Crippen LogP contribution in [0.5, 0.6) is 0 Å². The first-order valence-corrected chi connectivity index (χ1v) is 15.4. The lowest BCUT2D eigenvalue weighted by atomic mass is 10.0. The number of nitrogens with one attached hydrogen (secondary N) is 3. The minimum absolute atomic E-state index is 0.124. The molecule has 9 nitrogen and oxygen atoms in total. The number of carbonyl (C=O) groups is 1. The largest absolute Gasteiger partial charge is 0.357 e. The van der Waals surface area contributed by atoms with E-state index in [4.69, 9.17) is 14.5 Å². The number of anilines is 3. The first kappa shape index (κ1) is 27.5. The molecule has 0 saturated heterocycles. The lowest BCUT2D eigenvalue weighted by Gasteiger charge is -2.17. The third-order valence-corrected chi connectivity index (χ3v) is 8.02. The van der Waals surface area contributed by atoms with Crippen LogP contribution in [0.1, 0.15) is 24.2 Å². The summed E-state index contributed by atoms with van der Waals surface area (Å²) < 4.78 is 33.4. The van der Waals surface area contributed by atoms with Gasteiger partial charge < -0.3 is 10.6 Å². The second-order valence-electron chi connectivity index (χ2n) is 8.92. The van der Waals surface area contributed by atoms with E-state index in [9.17, 15) is 13.2 Å². The van der Waals surface area contributed by atoms with E-state index in [0.717, 1.165) is 43.9 Å². The van der Waals surface area contributed by atoms with Crippen LogP contribution >= 0.6 is 22.7 Å². The predicted molar refractivity (Wildman–Crippen MR) is 161 cm³/mol. The fraction of sp³-hybridized carbons (Fsp3) is 0.107. The van der Waals surface area contributed by atoms with Gasteiger partial charge in [-0.2, -0.15) is 8.42 Å². The highest BCUT2D eigenvalue weighted by Crippen LogP contribution is 2.32. The van der Waals surface area contributed by atoms with Crippen molar-refractivity contribution in [2.75, 3.05) is 15.4 Å². The zero-order valence-electron chi connectivity index (χ0n) is 21.2. The average Bonchev–Trinajstić information content (AvgIpc) is 3.60. The molecule has 12 heteroatoms. The van der Waals surface area contributed by atoms with Crippen LogP contribution in [0, 0.1) is 0 Å². The number of nitrogens with zero attached hydrogens (tertiary/aromatic N) is 2. The van der Waals surface area contributed by atoms with Gasteiger partial charge >= 0.3 is 10.3 Å². The third kappa shape index (κ3) is 7.30. The number of benzene rings is 3. The van der Waals surface area contributed by atoms with Gasteiger partial charge in [-0.25, -0.2) is 9.97 Å². The molecule has 3 aromatic carbocycles. The van der Waals surface area contributed by atoms with Gasteiger partial charge in [-0.05, 0) is 36.2 Å². The number of hydrogen-bond donors (Lipinski definition) is 4. The molecule has 0 spiro atoms. The predicted octanol–water partition coefficient (Wildman–Crippen LogP) is 6.50. The maximum atomic E-state index is 11.3. The summed E-state index contributed by atoms with van der Waals surface area (Å²) in [6.07, 6.45) is 0.560. The van der Waals surface area contributed by atoms with E-state index >= 15 is 0 Å². The van der Waals surface area contributed by atoms with Gasteiger partial charge in [-0.3, -0.25) is 14.1 Å². The van der Waals surface area contributed by atoms with Gasteiger partial charge in [0.2, 0.25) is 5.91 Å². The molecular formula is C28H25N5O4S3. The molecule has 4 N–H and O–H groups in total. The van der Waals surface area contributed by atoms with Gasteiger partial charge in [0.25, 0.3) is 0 Å². The number of rotatable bonds is 10. The molecule has 0 aliphatic heterocycles. The summed E-state index contributed by atoms with van der Waals surface area (Å²) >= 11 is 3.05. The Morgan fingerprint density at radius 3 is 2.25 bits per heavy atom. The smallest absolute Gasteiger partial charge is 0.353 e. The van der Waals surface area contributed by atoms with Crippen molar-refractivity contribution in [1.82, 2.24) is 9.97 Å². The van der Waals surface area contributed by atoms with E-state index < -0.39 is 10.3 Å². The first-order valence-electron chi connectivity index (χ1n) is 12.2. The summed E-state index contributed by atoms with van der Waals surface area (Å²) in [5.41, 5.74) is 5.57. The SMILES string of the molecule is CC(=O)Nc1ccc(-c2csc(NC(Cc3ccc(NS(=O)(=O)O)cc3)c3csc(-c4ccccc4)n3)n2)cc1. The maximum Gasteiger partial charge on any atom is 0.357 e. The Kier molecular flexibility index (Phi) is 8.21. The molecule has 1 unspecified atom stereocenters. The van der Waals surface area contributed by atoms with Crippen LogP contribution in [-0.4, -0.2) is 28.8 Å². The zero-order chi connectivity index (χ0) is 28.1. The van der Waals surface area contributed by atoms with Gasteiger partial charge in [0.1, 0.15) is 5.01 Å². The Morgan fingerprint density at radius 2 is 1.57 bits per heavy atom. The van der Waals surface area contributed by atoms with Crippen LogP contribution in [-0.2, 0) is 21.5 Å². The minimum Gasteiger partial charge on any atom is -0.353 e. The molecule has 1 atom stereocenters. The Hall–Kier alpha value is -4.10. The molecular weight excluding hydrogens is 567 g/mol. The molecule has 2 aromatic heterocycles. The van der Waals surface area contributed by atoms with E-state index in [1.165, 1.54) is 18.3 Å². The third-order valence-electron chi connectivity index (χ3n) is 5.84. The molecule has 0 fully saturated rings. The van der Waals surface area contributed by atoms with Crippen molar-refractivity contribution >= 4 is 55.4 Å². The highest BCUT2D eigenvalue weighted by molar-refractivity contribution is 7.87. The van der Waals surface area contributed by atoms with E-state index in [-0.39, 0.29) is 17.6 Å². The molecule has 2 heterocycles.